The van der Waals surface area contributed by atoms with E-state index in [0.717, 1.165) is 10.4 Å². The van der Waals surface area contributed by atoms with Gasteiger partial charge < -0.3 is 19.9 Å². The van der Waals surface area contributed by atoms with Gasteiger partial charge in [-0.15, -0.1) is 11.3 Å². The number of methoxy groups -OCH3 is 2. The number of hydrogen-bond acceptors (Lipinski definition) is 5. The van der Waals surface area contributed by atoms with Crippen LogP contribution in [0.5, 0.6) is 11.5 Å². The van der Waals surface area contributed by atoms with Crippen molar-refractivity contribution in [2.45, 2.75) is 20.3 Å². The molecule has 2 rings (SSSR count). The van der Waals surface area contributed by atoms with Gasteiger partial charge in [-0.05, 0) is 31.0 Å². The Balaban J connectivity index is 2.43. The minimum absolute atomic E-state index is 0.148. The Morgan fingerprint density at radius 1 is 1.25 bits per heavy atom. The molecule has 0 fully saturated rings. The molecule has 1 aromatic carbocycles. The number of carboxylic acid groups (broad SMARTS) is 1. The first-order valence-electron chi connectivity index (χ1n) is 7.32. The number of carboxylic acids is 1. The predicted molar refractivity (Wildman–Crippen MR) is 92.9 cm³/mol. The number of aromatic carboxylic acids is 1. The number of carbonyl (C=O) groups excluding carboxylic acids is 1. The van der Waals surface area contributed by atoms with E-state index in [4.69, 9.17) is 9.47 Å². The minimum Gasteiger partial charge on any atom is -0.493 e. The second-order valence-corrected chi connectivity index (χ2v) is 6.22. The number of hydrogen-bond donors (Lipinski definition) is 2. The van der Waals surface area contributed by atoms with Crippen LogP contribution in [0.3, 0.4) is 0 Å². The van der Waals surface area contributed by atoms with Crippen LogP contribution in [0.2, 0.25) is 0 Å². The molecule has 0 saturated heterocycles. The highest BCUT2D eigenvalue weighted by molar-refractivity contribution is 7.16. The van der Waals surface area contributed by atoms with Gasteiger partial charge in [-0.3, -0.25) is 4.79 Å². The van der Waals surface area contributed by atoms with Gasteiger partial charge in [0.15, 0.2) is 11.5 Å². The molecular weight excluding hydrogens is 330 g/mol. The van der Waals surface area contributed by atoms with Crippen molar-refractivity contribution in [3.8, 4) is 11.5 Å². The van der Waals surface area contributed by atoms with E-state index in [1.165, 1.54) is 25.6 Å². The zero-order valence-electron chi connectivity index (χ0n) is 13.9. The molecule has 0 spiro atoms. The summed E-state index contributed by atoms with van der Waals surface area (Å²) in [7, 11) is 2.93. The highest BCUT2D eigenvalue weighted by Gasteiger charge is 2.24. The summed E-state index contributed by atoms with van der Waals surface area (Å²) in [4.78, 5) is 25.1. The highest BCUT2D eigenvalue weighted by atomic mass is 32.1. The summed E-state index contributed by atoms with van der Waals surface area (Å²) in [5.41, 5.74) is 1.16. The van der Waals surface area contributed by atoms with E-state index in [1.54, 1.807) is 18.2 Å². The topological polar surface area (TPSA) is 84.9 Å². The number of benzene rings is 1. The zero-order valence-corrected chi connectivity index (χ0v) is 14.7. The summed E-state index contributed by atoms with van der Waals surface area (Å²) in [5.74, 6) is -0.764. The Labute approximate surface area is 144 Å². The molecular formula is C17H19NO5S. The minimum atomic E-state index is -1.05. The SMILES string of the molecule is CCc1c(C)sc(NC(=O)c2cccc(OC)c2OC)c1C(=O)O. The number of nitrogens with one attached hydrogen (secondary N) is 1. The standard InChI is InChI=1S/C17H19NO5S/c1-5-10-9(2)24-16(13(10)17(20)21)18-15(19)11-7-6-8-12(22-3)14(11)23-4/h6-8H,5H2,1-4H3,(H,18,19)(H,20,21). The number of rotatable bonds is 6. The third-order valence-corrected chi connectivity index (χ3v) is 4.71. The fourth-order valence-electron chi connectivity index (χ4n) is 2.56. The number of carbonyl (C=O) groups is 2. The van der Waals surface area contributed by atoms with E-state index >= 15 is 0 Å². The maximum Gasteiger partial charge on any atom is 0.339 e. The van der Waals surface area contributed by atoms with Crippen LogP contribution in [0.15, 0.2) is 18.2 Å². The first-order chi connectivity index (χ1) is 11.4. The lowest BCUT2D eigenvalue weighted by atomic mass is 10.1. The average Bonchev–Trinajstić information content (AvgIpc) is 2.88. The molecule has 2 N–H and O–H groups in total. The molecule has 7 heteroatoms. The Bertz CT molecular complexity index is 782. The highest BCUT2D eigenvalue weighted by Crippen LogP contribution is 2.35. The Hall–Kier alpha value is -2.54. The van der Waals surface area contributed by atoms with Crippen molar-refractivity contribution < 1.29 is 24.2 Å². The van der Waals surface area contributed by atoms with Crippen LogP contribution in [0, 0.1) is 6.92 Å². The fourth-order valence-corrected chi connectivity index (χ4v) is 3.69. The molecule has 128 valence electrons. The van der Waals surface area contributed by atoms with Crippen LogP contribution in [-0.4, -0.2) is 31.2 Å². The molecule has 0 aliphatic rings. The second-order valence-electron chi connectivity index (χ2n) is 4.99. The van der Waals surface area contributed by atoms with Gasteiger partial charge >= 0.3 is 5.97 Å². The Morgan fingerprint density at radius 2 is 1.96 bits per heavy atom. The number of para-hydroxylation sites is 1. The van der Waals surface area contributed by atoms with Gasteiger partial charge in [0.05, 0.1) is 25.3 Å². The van der Waals surface area contributed by atoms with Crippen molar-refractivity contribution in [2.75, 3.05) is 19.5 Å². The monoisotopic (exact) mass is 349 g/mol. The fraction of sp³-hybridized carbons (Fsp3) is 0.294. The maximum absolute atomic E-state index is 12.6. The van der Waals surface area contributed by atoms with E-state index < -0.39 is 11.9 Å². The first-order valence-corrected chi connectivity index (χ1v) is 8.14. The van der Waals surface area contributed by atoms with Gasteiger partial charge in [-0.2, -0.15) is 0 Å². The molecule has 0 radical (unpaired) electrons. The van der Waals surface area contributed by atoms with E-state index in [2.05, 4.69) is 5.32 Å². The summed E-state index contributed by atoms with van der Waals surface area (Å²) in [6.07, 6.45) is 0.586. The van der Waals surface area contributed by atoms with Gasteiger partial charge in [0, 0.05) is 4.88 Å². The van der Waals surface area contributed by atoms with Gasteiger partial charge in [0.25, 0.3) is 5.91 Å². The maximum atomic E-state index is 12.6. The molecule has 2 aromatic rings. The molecule has 1 heterocycles. The Morgan fingerprint density at radius 3 is 2.50 bits per heavy atom. The third kappa shape index (κ3) is 3.21. The normalized spacial score (nSPS) is 10.3. The molecule has 6 nitrogen and oxygen atoms in total. The van der Waals surface area contributed by atoms with Crippen LogP contribution in [-0.2, 0) is 6.42 Å². The lowest BCUT2D eigenvalue weighted by Crippen LogP contribution is -2.15. The Kier molecular flexibility index (Phi) is 5.46. The summed E-state index contributed by atoms with van der Waals surface area (Å²) in [5, 5.41) is 12.5. The molecule has 0 atom stereocenters. The van der Waals surface area contributed by atoms with E-state index in [-0.39, 0.29) is 11.1 Å². The van der Waals surface area contributed by atoms with Crippen molar-refractivity contribution in [3.63, 3.8) is 0 Å². The molecule has 24 heavy (non-hydrogen) atoms. The van der Waals surface area contributed by atoms with Crippen molar-refractivity contribution in [1.29, 1.82) is 0 Å². The van der Waals surface area contributed by atoms with Crippen molar-refractivity contribution in [2.24, 2.45) is 0 Å². The summed E-state index contributed by atoms with van der Waals surface area (Å²) < 4.78 is 10.4. The average molecular weight is 349 g/mol. The second kappa shape index (κ2) is 7.35. The van der Waals surface area contributed by atoms with Gasteiger partial charge in [-0.25, -0.2) is 4.79 Å². The van der Waals surface area contributed by atoms with Crippen molar-refractivity contribution >= 4 is 28.2 Å². The number of thiophene rings is 1. The number of ether oxygens (including phenoxy) is 2. The first kappa shape index (κ1) is 17.8. The molecule has 0 saturated carbocycles. The quantitative estimate of drug-likeness (QED) is 0.832. The van der Waals surface area contributed by atoms with E-state index in [1.807, 2.05) is 13.8 Å². The summed E-state index contributed by atoms with van der Waals surface area (Å²) in [6.45, 7) is 3.73. The smallest absolute Gasteiger partial charge is 0.339 e. The summed E-state index contributed by atoms with van der Waals surface area (Å²) in [6, 6.07) is 4.95. The molecule has 0 unspecified atom stereocenters. The van der Waals surface area contributed by atoms with E-state index in [0.29, 0.717) is 22.9 Å². The number of anilines is 1. The lowest BCUT2D eigenvalue weighted by molar-refractivity contribution is 0.0697. The largest absolute Gasteiger partial charge is 0.493 e. The van der Waals surface area contributed by atoms with E-state index in [9.17, 15) is 14.7 Å². The van der Waals surface area contributed by atoms with Crippen LogP contribution in [0.4, 0.5) is 5.00 Å². The zero-order chi connectivity index (χ0) is 17.9. The third-order valence-electron chi connectivity index (χ3n) is 3.65. The predicted octanol–water partition coefficient (Wildman–Crippen LogP) is 3.59. The van der Waals surface area contributed by atoms with Crippen LogP contribution in [0.25, 0.3) is 0 Å². The van der Waals surface area contributed by atoms with Crippen molar-refractivity contribution in [3.05, 3.63) is 39.8 Å². The van der Waals surface area contributed by atoms with Gasteiger partial charge in [-0.1, -0.05) is 13.0 Å². The molecule has 0 aliphatic carbocycles. The van der Waals surface area contributed by atoms with Gasteiger partial charge in [0.1, 0.15) is 5.00 Å². The van der Waals surface area contributed by atoms with Crippen molar-refractivity contribution in [1.82, 2.24) is 0 Å². The molecule has 1 amide bonds. The molecule has 0 bridgehead atoms. The van der Waals surface area contributed by atoms with Crippen LogP contribution >= 0.6 is 11.3 Å². The molecule has 1 aromatic heterocycles. The van der Waals surface area contributed by atoms with Gasteiger partial charge in [0.2, 0.25) is 0 Å². The van der Waals surface area contributed by atoms with Crippen LogP contribution < -0.4 is 14.8 Å². The lowest BCUT2D eigenvalue weighted by Gasteiger charge is -2.12. The molecule has 0 aliphatic heterocycles. The number of amides is 1. The van der Waals surface area contributed by atoms with Crippen LogP contribution in [0.1, 0.15) is 38.1 Å². The number of aryl methyl sites for hydroxylation is 1. The summed E-state index contributed by atoms with van der Waals surface area (Å²) >= 11 is 1.26.